The van der Waals surface area contributed by atoms with E-state index in [2.05, 4.69) is 4.98 Å². The largest absolute Gasteiger partial charge is 0.492 e. The van der Waals surface area contributed by atoms with Gasteiger partial charge in [0.15, 0.2) is 5.69 Å². The number of aryl methyl sites for hydroxylation is 1. The van der Waals surface area contributed by atoms with Gasteiger partial charge in [-0.1, -0.05) is 0 Å². The van der Waals surface area contributed by atoms with Crippen molar-refractivity contribution in [3.8, 4) is 17.0 Å². The highest BCUT2D eigenvalue weighted by Crippen LogP contribution is 2.31. The summed E-state index contributed by atoms with van der Waals surface area (Å²) in [5.41, 5.74) is 9.18. The van der Waals surface area contributed by atoms with Crippen molar-refractivity contribution in [2.24, 2.45) is 0 Å². The number of anilines is 1. The van der Waals surface area contributed by atoms with E-state index in [1.54, 1.807) is 28.8 Å². The van der Waals surface area contributed by atoms with Gasteiger partial charge in [0, 0.05) is 11.8 Å². The number of aromatic carboxylic acids is 1. The van der Waals surface area contributed by atoms with Crippen molar-refractivity contribution < 1.29 is 14.6 Å². The fourth-order valence-electron chi connectivity index (χ4n) is 2.53. The Morgan fingerprint density at radius 3 is 2.78 bits per heavy atom. The molecule has 0 spiro atoms. The molecule has 1 aromatic carbocycles. The first-order chi connectivity index (χ1) is 11.0. The molecular weight excluding hydrogens is 294 g/mol. The Hall–Kier alpha value is -3.02. The first-order valence-corrected chi connectivity index (χ1v) is 7.26. The monoisotopic (exact) mass is 311 g/mol. The van der Waals surface area contributed by atoms with Crippen LogP contribution in [-0.4, -0.2) is 27.1 Å². The molecule has 0 atom stereocenters. The number of benzene rings is 1. The molecule has 0 bridgehead atoms. The van der Waals surface area contributed by atoms with Crippen LogP contribution in [-0.2, 0) is 0 Å². The van der Waals surface area contributed by atoms with Crippen LogP contribution >= 0.6 is 0 Å². The minimum atomic E-state index is -1.04. The van der Waals surface area contributed by atoms with Gasteiger partial charge in [-0.15, -0.1) is 0 Å². The summed E-state index contributed by atoms with van der Waals surface area (Å²) < 4.78 is 6.98. The van der Waals surface area contributed by atoms with Gasteiger partial charge in [0.25, 0.3) is 0 Å². The number of pyridine rings is 1. The number of fused-ring (bicyclic) bond motifs is 1. The van der Waals surface area contributed by atoms with Crippen LogP contribution in [0.4, 0.5) is 5.69 Å². The molecule has 0 amide bonds. The summed E-state index contributed by atoms with van der Waals surface area (Å²) in [6.07, 6.45) is 1.71. The molecule has 0 saturated carbocycles. The van der Waals surface area contributed by atoms with E-state index in [0.717, 1.165) is 5.56 Å². The summed E-state index contributed by atoms with van der Waals surface area (Å²) in [5, 5.41) is 9.57. The third kappa shape index (κ3) is 2.59. The number of ether oxygens (including phenoxy) is 1. The van der Waals surface area contributed by atoms with Crippen molar-refractivity contribution in [1.29, 1.82) is 0 Å². The average Bonchev–Trinajstić information content (AvgIpc) is 2.88. The Morgan fingerprint density at radius 1 is 1.35 bits per heavy atom. The molecule has 3 rings (SSSR count). The van der Waals surface area contributed by atoms with E-state index < -0.39 is 5.97 Å². The lowest BCUT2D eigenvalue weighted by Gasteiger charge is -2.08. The number of nitrogens with two attached hydrogens (primary N) is 1. The lowest BCUT2D eigenvalue weighted by atomic mass is 10.1. The van der Waals surface area contributed by atoms with Crippen molar-refractivity contribution in [2.75, 3.05) is 12.3 Å². The summed E-state index contributed by atoms with van der Waals surface area (Å²) in [6, 6.07) is 8.87. The summed E-state index contributed by atoms with van der Waals surface area (Å²) in [7, 11) is 0. The van der Waals surface area contributed by atoms with Crippen LogP contribution in [0, 0.1) is 6.92 Å². The van der Waals surface area contributed by atoms with Gasteiger partial charge < -0.3 is 15.6 Å². The van der Waals surface area contributed by atoms with E-state index in [-0.39, 0.29) is 5.69 Å². The van der Waals surface area contributed by atoms with E-state index in [9.17, 15) is 9.90 Å². The molecule has 0 fully saturated rings. The van der Waals surface area contributed by atoms with Crippen LogP contribution in [0.15, 0.2) is 36.5 Å². The van der Waals surface area contributed by atoms with Crippen LogP contribution in [0.1, 0.15) is 23.0 Å². The maximum Gasteiger partial charge on any atom is 0.355 e. The van der Waals surface area contributed by atoms with E-state index >= 15 is 0 Å². The zero-order valence-electron chi connectivity index (χ0n) is 12.9. The van der Waals surface area contributed by atoms with Gasteiger partial charge in [-0.2, -0.15) is 0 Å². The first kappa shape index (κ1) is 14.9. The third-order valence-corrected chi connectivity index (χ3v) is 3.57. The maximum absolute atomic E-state index is 11.7. The lowest BCUT2D eigenvalue weighted by Crippen LogP contribution is -2.04. The number of carbonyl (C=O) groups is 1. The highest BCUT2D eigenvalue weighted by molar-refractivity contribution is 5.95. The fourth-order valence-corrected chi connectivity index (χ4v) is 2.53. The zero-order chi connectivity index (χ0) is 16.6. The van der Waals surface area contributed by atoms with Gasteiger partial charge in [0.2, 0.25) is 0 Å². The van der Waals surface area contributed by atoms with Gasteiger partial charge in [-0.05, 0) is 49.7 Å². The molecule has 6 nitrogen and oxygen atoms in total. The normalized spacial score (nSPS) is 10.9. The molecule has 0 unspecified atom stereocenters. The molecule has 0 aliphatic carbocycles. The topological polar surface area (TPSA) is 89.8 Å². The molecular formula is C17H17N3O3. The zero-order valence-corrected chi connectivity index (χ0v) is 12.9. The highest BCUT2D eigenvalue weighted by Gasteiger charge is 2.20. The second-order valence-electron chi connectivity index (χ2n) is 5.23. The maximum atomic E-state index is 11.7. The van der Waals surface area contributed by atoms with Crippen LogP contribution < -0.4 is 10.5 Å². The number of aromatic nitrogens is 2. The van der Waals surface area contributed by atoms with Gasteiger partial charge >= 0.3 is 5.97 Å². The minimum absolute atomic E-state index is 0.114. The Kier molecular flexibility index (Phi) is 3.65. The summed E-state index contributed by atoms with van der Waals surface area (Å²) in [4.78, 5) is 16.2. The molecule has 118 valence electrons. The quantitative estimate of drug-likeness (QED) is 0.723. The molecule has 2 aromatic heterocycles. The summed E-state index contributed by atoms with van der Waals surface area (Å²) in [6.45, 7) is 4.32. The summed E-state index contributed by atoms with van der Waals surface area (Å²) in [5.74, 6) is -0.462. The van der Waals surface area contributed by atoms with Crippen LogP contribution in [0.5, 0.6) is 5.75 Å². The molecule has 0 radical (unpaired) electrons. The van der Waals surface area contributed by atoms with Crippen molar-refractivity contribution in [2.45, 2.75) is 13.8 Å². The molecule has 3 aromatic rings. The van der Waals surface area contributed by atoms with Crippen molar-refractivity contribution >= 4 is 17.3 Å². The average molecular weight is 311 g/mol. The first-order valence-electron chi connectivity index (χ1n) is 7.26. The molecule has 2 heterocycles. The molecule has 3 N–H and O–H groups in total. The van der Waals surface area contributed by atoms with Crippen LogP contribution in [0.25, 0.3) is 16.9 Å². The van der Waals surface area contributed by atoms with Crippen molar-refractivity contribution in [3.63, 3.8) is 0 Å². The van der Waals surface area contributed by atoms with E-state index in [1.807, 2.05) is 26.0 Å². The predicted molar refractivity (Wildman–Crippen MR) is 87.9 cm³/mol. The smallest absolute Gasteiger partial charge is 0.355 e. The molecule has 6 heteroatoms. The Morgan fingerprint density at radius 2 is 2.13 bits per heavy atom. The Labute approximate surface area is 133 Å². The Balaban J connectivity index is 2.21. The van der Waals surface area contributed by atoms with Gasteiger partial charge in [-0.3, -0.25) is 4.40 Å². The van der Waals surface area contributed by atoms with E-state index in [1.165, 1.54) is 0 Å². The standard InChI is InChI=1S/C17H17N3O3/c1-3-23-13-5-4-11(9-12(13)18)15-16(17(21)22)20-7-6-10(2)8-14(20)19-15/h4-9H,3,18H2,1-2H3,(H,21,22). The molecule has 0 saturated heterocycles. The number of rotatable bonds is 4. The Bertz CT molecular complexity index is 899. The number of hydrogen-bond acceptors (Lipinski definition) is 4. The summed E-state index contributed by atoms with van der Waals surface area (Å²) >= 11 is 0. The van der Waals surface area contributed by atoms with Crippen molar-refractivity contribution in [3.05, 3.63) is 47.8 Å². The molecule has 0 aliphatic rings. The number of nitrogens with zero attached hydrogens (tertiary/aromatic N) is 2. The van der Waals surface area contributed by atoms with E-state index in [4.69, 9.17) is 10.5 Å². The second-order valence-corrected chi connectivity index (χ2v) is 5.23. The molecule has 0 aliphatic heterocycles. The van der Waals surface area contributed by atoms with Crippen molar-refractivity contribution in [1.82, 2.24) is 9.38 Å². The third-order valence-electron chi connectivity index (χ3n) is 3.57. The number of imidazole rings is 1. The fraction of sp³-hybridized carbons (Fsp3) is 0.176. The number of carboxylic acid groups (broad SMARTS) is 1. The number of nitrogen functional groups attached to an aromatic ring is 1. The number of hydrogen-bond donors (Lipinski definition) is 2. The van der Waals surface area contributed by atoms with E-state index in [0.29, 0.717) is 34.9 Å². The van der Waals surface area contributed by atoms with Crippen LogP contribution in [0.3, 0.4) is 0 Å². The highest BCUT2D eigenvalue weighted by atomic mass is 16.5. The number of carboxylic acids is 1. The predicted octanol–water partition coefficient (Wildman–Crippen LogP) is 2.99. The second kappa shape index (κ2) is 5.64. The van der Waals surface area contributed by atoms with Gasteiger partial charge in [0.1, 0.15) is 17.1 Å². The van der Waals surface area contributed by atoms with Gasteiger partial charge in [0.05, 0.1) is 12.3 Å². The van der Waals surface area contributed by atoms with Crippen LogP contribution in [0.2, 0.25) is 0 Å². The SMILES string of the molecule is CCOc1ccc(-c2nc3cc(C)ccn3c2C(=O)O)cc1N. The van der Waals surface area contributed by atoms with Gasteiger partial charge in [-0.25, -0.2) is 9.78 Å². The molecule has 23 heavy (non-hydrogen) atoms. The lowest BCUT2D eigenvalue weighted by molar-refractivity contribution is 0.0690. The minimum Gasteiger partial charge on any atom is -0.492 e.